The Bertz CT molecular complexity index is 153. The molecule has 1 aliphatic heterocycles. The van der Waals surface area contributed by atoms with Gasteiger partial charge in [-0.15, -0.1) is 0 Å². The van der Waals surface area contributed by atoms with Crippen LogP contribution in [0, 0.1) is 5.92 Å². The summed E-state index contributed by atoms with van der Waals surface area (Å²) in [6, 6.07) is 0. The fraction of sp³-hybridized carbons (Fsp3) is 1.00. The van der Waals surface area contributed by atoms with Crippen molar-refractivity contribution in [3.05, 3.63) is 0 Å². The molecule has 0 atom stereocenters. The number of nitrogens with one attached hydrogen (secondary N) is 1. The van der Waals surface area contributed by atoms with Crippen molar-refractivity contribution in [1.82, 2.24) is 5.32 Å². The van der Waals surface area contributed by atoms with Gasteiger partial charge in [-0.2, -0.15) is 0 Å². The summed E-state index contributed by atoms with van der Waals surface area (Å²) in [7, 11) is 1.81. The van der Waals surface area contributed by atoms with Crippen molar-refractivity contribution >= 4 is 0 Å². The molecule has 1 rings (SSSR count). The van der Waals surface area contributed by atoms with Crippen molar-refractivity contribution in [3.63, 3.8) is 0 Å². The normalized spacial score (nSPS) is 21.4. The summed E-state index contributed by atoms with van der Waals surface area (Å²) in [5.41, 5.74) is 0.0210. The van der Waals surface area contributed by atoms with Crippen LogP contribution in [0.1, 0.15) is 26.7 Å². The first kappa shape index (κ1) is 12.0. The van der Waals surface area contributed by atoms with Gasteiger partial charge in [0.25, 0.3) is 0 Å². The lowest BCUT2D eigenvalue weighted by molar-refractivity contribution is -0.0876. The molecule has 84 valence electrons. The topological polar surface area (TPSA) is 30.5 Å². The van der Waals surface area contributed by atoms with E-state index in [2.05, 4.69) is 19.2 Å². The Morgan fingerprint density at radius 3 is 2.50 bits per heavy atom. The van der Waals surface area contributed by atoms with Crippen LogP contribution in [0.15, 0.2) is 0 Å². The molecule has 0 aromatic heterocycles. The van der Waals surface area contributed by atoms with Crippen LogP contribution >= 0.6 is 0 Å². The molecule has 14 heavy (non-hydrogen) atoms. The van der Waals surface area contributed by atoms with Crippen LogP contribution in [0.25, 0.3) is 0 Å². The molecular weight excluding hydrogens is 178 g/mol. The predicted molar refractivity (Wildman–Crippen MR) is 57.5 cm³/mol. The van der Waals surface area contributed by atoms with E-state index < -0.39 is 0 Å². The van der Waals surface area contributed by atoms with Crippen LogP contribution in [0.4, 0.5) is 0 Å². The zero-order valence-electron chi connectivity index (χ0n) is 9.64. The lowest BCUT2D eigenvalue weighted by Crippen LogP contribution is -2.47. The maximum atomic E-state index is 5.62. The molecule has 0 radical (unpaired) electrons. The first-order chi connectivity index (χ1) is 6.68. The molecule has 0 unspecified atom stereocenters. The zero-order valence-corrected chi connectivity index (χ0v) is 9.64. The molecule has 0 aliphatic carbocycles. The minimum Gasteiger partial charge on any atom is -0.381 e. The van der Waals surface area contributed by atoms with E-state index in [-0.39, 0.29) is 5.60 Å². The van der Waals surface area contributed by atoms with Gasteiger partial charge in [0.05, 0.1) is 5.60 Å². The highest BCUT2D eigenvalue weighted by Gasteiger charge is 2.31. The molecule has 0 bridgehead atoms. The second kappa shape index (κ2) is 5.69. The first-order valence-corrected chi connectivity index (χ1v) is 5.52. The van der Waals surface area contributed by atoms with E-state index in [9.17, 15) is 0 Å². The summed E-state index contributed by atoms with van der Waals surface area (Å²) in [6.07, 6.45) is 2.02. The van der Waals surface area contributed by atoms with Crippen LogP contribution in [-0.4, -0.2) is 39.0 Å². The molecule has 0 aromatic carbocycles. The minimum absolute atomic E-state index is 0.0210. The van der Waals surface area contributed by atoms with Crippen molar-refractivity contribution in [1.29, 1.82) is 0 Å². The molecule has 1 aliphatic rings. The number of hydrogen-bond acceptors (Lipinski definition) is 3. The van der Waals surface area contributed by atoms with Crippen LogP contribution in [0.5, 0.6) is 0 Å². The van der Waals surface area contributed by atoms with E-state index in [1.165, 1.54) is 0 Å². The molecule has 3 heteroatoms. The molecule has 1 fully saturated rings. The monoisotopic (exact) mass is 201 g/mol. The van der Waals surface area contributed by atoms with E-state index in [1.54, 1.807) is 0 Å². The third kappa shape index (κ3) is 3.56. The number of methoxy groups -OCH3 is 1. The first-order valence-electron chi connectivity index (χ1n) is 5.52. The summed E-state index contributed by atoms with van der Waals surface area (Å²) in [4.78, 5) is 0. The highest BCUT2D eigenvalue weighted by molar-refractivity contribution is 4.85. The largest absolute Gasteiger partial charge is 0.381 e. The molecule has 1 heterocycles. The maximum Gasteiger partial charge on any atom is 0.0846 e. The van der Waals surface area contributed by atoms with Gasteiger partial charge in [-0.05, 0) is 12.5 Å². The zero-order chi connectivity index (χ0) is 10.4. The molecule has 0 aromatic rings. The standard InChI is InChI=1S/C11H23NO2/c1-10(2)8-12-9-11(13-3)4-6-14-7-5-11/h10,12H,4-9H2,1-3H3. The van der Waals surface area contributed by atoms with E-state index in [4.69, 9.17) is 9.47 Å². The van der Waals surface area contributed by atoms with Gasteiger partial charge < -0.3 is 14.8 Å². The Morgan fingerprint density at radius 2 is 2.00 bits per heavy atom. The van der Waals surface area contributed by atoms with E-state index in [0.29, 0.717) is 5.92 Å². The minimum atomic E-state index is 0.0210. The second-order valence-corrected chi connectivity index (χ2v) is 4.52. The van der Waals surface area contributed by atoms with Crippen molar-refractivity contribution in [2.24, 2.45) is 5.92 Å². The third-order valence-electron chi connectivity index (χ3n) is 2.84. The van der Waals surface area contributed by atoms with Crippen LogP contribution in [0.2, 0.25) is 0 Å². The molecule has 1 N–H and O–H groups in total. The summed E-state index contributed by atoms with van der Waals surface area (Å²) in [5.74, 6) is 0.698. The Morgan fingerprint density at radius 1 is 1.36 bits per heavy atom. The Hall–Kier alpha value is -0.120. The number of ether oxygens (including phenoxy) is 2. The quantitative estimate of drug-likeness (QED) is 0.730. The predicted octanol–water partition coefficient (Wildman–Crippen LogP) is 1.43. The van der Waals surface area contributed by atoms with Gasteiger partial charge in [0, 0.05) is 39.7 Å². The molecule has 0 saturated carbocycles. The van der Waals surface area contributed by atoms with Crippen molar-refractivity contribution < 1.29 is 9.47 Å². The van der Waals surface area contributed by atoms with E-state index in [1.807, 2.05) is 7.11 Å². The van der Waals surface area contributed by atoms with Gasteiger partial charge in [-0.3, -0.25) is 0 Å². The van der Waals surface area contributed by atoms with Gasteiger partial charge in [-0.25, -0.2) is 0 Å². The summed E-state index contributed by atoms with van der Waals surface area (Å²) in [6.45, 7) is 8.11. The lowest BCUT2D eigenvalue weighted by atomic mass is 9.94. The Balaban J connectivity index is 2.29. The van der Waals surface area contributed by atoms with Gasteiger partial charge >= 0.3 is 0 Å². The summed E-state index contributed by atoms with van der Waals surface area (Å²) in [5, 5.41) is 3.47. The molecule has 1 saturated heterocycles. The summed E-state index contributed by atoms with van der Waals surface area (Å²) < 4.78 is 11.0. The number of rotatable bonds is 5. The summed E-state index contributed by atoms with van der Waals surface area (Å²) >= 11 is 0. The highest BCUT2D eigenvalue weighted by atomic mass is 16.5. The highest BCUT2D eigenvalue weighted by Crippen LogP contribution is 2.23. The third-order valence-corrected chi connectivity index (χ3v) is 2.84. The molecule has 0 amide bonds. The average molecular weight is 201 g/mol. The van der Waals surface area contributed by atoms with Gasteiger partial charge in [0.15, 0.2) is 0 Å². The van der Waals surface area contributed by atoms with Gasteiger partial charge in [0.1, 0.15) is 0 Å². The van der Waals surface area contributed by atoms with Crippen LogP contribution in [0.3, 0.4) is 0 Å². The van der Waals surface area contributed by atoms with E-state index >= 15 is 0 Å². The fourth-order valence-corrected chi connectivity index (χ4v) is 1.79. The van der Waals surface area contributed by atoms with Crippen LogP contribution < -0.4 is 5.32 Å². The smallest absolute Gasteiger partial charge is 0.0846 e. The second-order valence-electron chi connectivity index (χ2n) is 4.52. The van der Waals surface area contributed by atoms with Gasteiger partial charge in [0.2, 0.25) is 0 Å². The van der Waals surface area contributed by atoms with Crippen LogP contribution in [-0.2, 0) is 9.47 Å². The number of hydrogen-bond donors (Lipinski definition) is 1. The van der Waals surface area contributed by atoms with Crippen molar-refractivity contribution in [3.8, 4) is 0 Å². The lowest BCUT2D eigenvalue weighted by Gasteiger charge is -2.36. The van der Waals surface area contributed by atoms with Gasteiger partial charge in [-0.1, -0.05) is 13.8 Å². The maximum absolute atomic E-state index is 5.62. The molecular formula is C11H23NO2. The van der Waals surface area contributed by atoms with Crippen molar-refractivity contribution in [2.75, 3.05) is 33.4 Å². The Labute approximate surface area is 87.2 Å². The fourth-order valence-electron chi connectivity index (χ4n) is 1.79. The van der Waals surface area contributed by atoms with E-state index in [0.717, 1.165) is 39.1 Å². The SMILES string of the molecule is COC1(CNCC(C)C)CCOCC1. The molecule has 0 spiro atoms. The average Bonchev–Trinajstić information content (AvgIpc) is 2.19. The molecule has 3 nitrogen and oxygen atoms in total. The Kier molecular flexibility index (Phi) is 4.85. The van der Waals surface area contributed by atoms with Crippen molar-refractivity contribution in [2.45, 2.75) is 32.3 Å².